The zero-order valence-electron chi connectivity index (χ0n) is 5.02. The molecule has 0 radical (unpaired) electrons. The van der Waals surface area contributed by atoms with Crippen molar-refractivity contribution in [2.75, 3.05) is 0 Å². The smallest absolute Gasteiger partial charge is 0.756 e. The molecule has 4 N–H and O–H groups in total. The molecular weight excluding hydrogens is 327 g/mol. The van der Waals surface area contributed by atoms with Crippen molar-refractivity contribution < 1.29 is 38.5 Å². The summed E-state index contributed by atoms with van der Waals surface area (Å²) in [4.78, 5) is 45.8. The van der Waals surface area contributed by atoms with Crippen LogP contribution in [0.2, 0.25) is 0 Å². The molecule has 0 saturated heterocycles. The number of rotatable bonds is 0. The van der Waals surface area contributed by atoms with Crippen LogP contribution in [-0.4, -0.2) is 68.5 Å². The van der Waals surface area contributed by atoms with Gasteiger partial charge in [0, 0.05) is 0 Å². The summed E-state index contributed by atoms with van der Waals surface area (Å²) >= 11 is 0. The summed E-state index contributed by atoms with van der Waals surface area (Å²) in [5, 5.41) is 0. The van der Waals surface area contributed by atoms with Gasteiger partial charge in [-0.05, 0) is 0 Å². The molecule has 0 spiro atoms. The number of hydrogen-bond acceptors (Lipinski definition) is 4. The van der Waals surface area contributed by atoms with Gasteiger partial charge in [0.25, 0.3) is 15.6 Å². The van der Waals surface area contributed by atoms with Gasteiger partial charge in [-0.3, -0.25) is 9.13 Å². The molecule has 0 rings (SSSR count). The van der Waals surface area contributed by atoms with E-state index < -0.39 is 15.6 Å². The van der Waals surface area contributed by atoms with Crippen LogP contribution < -0.4 is 9.79 Å². The van der Waals surface area contributed by atoms with Crippen molar-refractivity contribution in [2.24, 2.45) is 0 Å². The molecule has 0 fully saturated rings. The first kappa shape index (κ1) is 18.6. The van der Waals surface area contributed by atoms with Crippen LogP contribution in [0.1, 0.15) is 0 Å². The molecule has 8 nitrogen and oxygen atoms in total. The van der Waals surface area contributed by atoms with Crippen LogP contribution in [0.15, 0.2) is 0 Å². The molecule has 0 aromatic carbocycles. The zero-order chi connectivity index (χ0) is 9.00. The minimum Gasteiger partial charge on any atom is -0.756 e. The fourth-order valence-corrected chi connectivity index (χ4v) is 0. The first-order valence-corrected chi connectivity index (χ1v) is 4.59. The van der Waals surface area contributed by atoms with Gasteiger partial charge in [-0.1, -0.05) is 0 Å². The van der Waals surface area contributed by atoms with E-state index in [0.717, 1.165) is 0 Å². The summed E-state index contributed by atoms with van der Waals surface area (Å²) in [6.45, 7) is 0. The van der Waals surface area contributed by atoms with Crippen molar-refractivity contribution in [3.05, 3.63) is 0 Å². The van der Waals surface area contributed by atoms with Crippen LogP contribution >= 0.6 is 15.6 Å². The zero-order valence-corrected chi connectivity index (χ0v) is 11.3. The van der Waals surface area contributed by atoms with E-state index in [1.807, 2.05) is 0 Å². The van der Waals surface area contributed by atoms with E-state index in [9.17, 15) is 0 Å². The van der Waals surface area contributed by atoms with E-state index in [2.05, 4.69) is 0 Å². The van der Waals surface area contributed by atoms with Crippen LogP contribution in [0.4, 0.5) is 0 Å². The molecule has 0 aliphatic rings. The van der Waals surface area contributed by atoms with Gasteiger partial charge in [0.1, 0.15) is 0 Å². The molecule has 0 aliphatic heterocycles. The predicted molar refractivity (Wildman–Crippen MR) is 29.8 cm³/mol. The molecule has 0 aliphatic carbocycles. The maximum Gasteiger partial charge on any atom is 2.00 e. The molecule has 0 unspecified atom stereocenters. The van der Waals surface area contributed by atoms with Crippen molar-refractivity contribution in [2.45, 2.75) is 0 Å². The monoisotopic (exact) mass is 332 g/mol. The molecule has 64 valence electrons. The average Bonchev–Trinajstić information content (AvgIpc) is 1.12. The van der Waals surface area contributed by atoms with E-state index in [4.69, 9.17) is 38.5 Å². The Morgan fingerprint density at radius 1 is 0.818 bits per heavy atom. The molecule has 0 heterocycles. The second-order valence-corrected chi connectivity index (χ2v) is 2.94. The molecule has 0 atom stereocenters. The maximum atomic E-state index is 8.77. The maximum absolute atomic E-state index is 8.77. The van der Waals surface area contributed by atoms with Crippen LogP contribution in [0.3, 0.4) is 0 Å². The van der Waals surface area contributed by atoms with Gasteiger partial charge in [0.2, 0.25) is 0 Å². The largest absolute Gasteiger partial charge is 2.00 e. The van der Waals surface area contributed by atoms with E-state index >= 15 is 0 Å². The van der Waals surface area contributed by atoms with Gasteiger partial charge in [-0.15, -0.1) is 0 Å². The van der Waals surface area contributed by atoms with Gasteiger partial charge >= 0.3 is 48.9 Å². The summed E-state index contributed by atoms with van der Waals surface area (Å²) in [5.74, 6) is 0. The number of hydrogen-bond donors (Lipinski definition) is 4. The predicted octanol–water partition coefficient (Wildman–Crippen LogP) is -3.50. The Hall–Kier alpha value is 1.79. The first-order chi connectivity index (χ1) is 4.00. The Bertz CT molecular complexity index is 124. The van der Waals surface area contributed by atoms with Crippen molar-refractivity contribution >= 4 is 64.5 Å². The fraction of sp³-hybridized carbons (Fsp3) is 0. The van der Waals surface area contributed by atoms with Gasteiger partial charge in [0.05, 0.1) is 0 Å². The van der Waals surface area contributed by atoms with Crippen LogP contribution in [-0.2, 0) is 9.13 Å². The van der Waals surface area contributed by atoms with E-state index in [1.165, 1.54) is 0 Å². The quantitative estimate of drug-likeness (QED) is 0.262. The Morgan fingerprint density at radius 3 is 0.818 bits per heavy atom. The Balaban J connectivity index is -0.000000107. The molecule has 11 heteroatoms. The van der Waals surface area contributed by atoms with Gasteiger partial charge < -0.3 is 29.4 Å². The second kappa shape index (κ2) is 7.22. The summed E-state index contributed by atoms with van der Waals surface area (Å²) in [6, 6.07) is 0. The summed E-state index contributed by atoms with van der Waals surface area (Å²) in [5.41, 5.74) is 0. The standard InChI is InChI=1S/Ba.2H3O4P/c;2*1-5(2,3)4/h;2*(H3,1,2,3,4)/q+2;;/p-2. The third kappa shape index (κ3) is 352. The SMILES string of the molecule is O=P([O-])(O)O.O=P([O-])(O)O.[Ba+2]. The Morgan fingerprint density at radius 2 is 0.818 bits per heavy atom. The van der Waals surface area contributed by atoms with Crippen molar-refractivity contribution in [3.8, 4) is 0 Å². The van der Waals surface area contributed by atoms with Crippen molar-refractivity contribution in [3.63, 3.8) is 0 Å². The van der Waals surface area contributed by atoms with Gasteiger partial charge in [0.15, 0.2) is 0 Å². The molecule has 11 heavy (non-hydrogen) atoms. The van der Waals surface area contributed by atoms with Gasteiger partial charge in [-0.2, -0.15) is 0 Å². The van der Waals surface area contributed by atoms with E-state index in [-0.39, 0.29) is 48.9 Å². The fourth-order valence-electron chi connectivity index (χ4n) is 0. The average molecular weight is 331 g/mol. The van der Waals surface area contributed by atoms with Crippen molar-refractivity contribution in [1.29, 1.82) is 0 Å². The topological polar surface area (TPSA) is 161 Å². The van der Waals surface area contributed by atoms with Crippen LogP contribution in [0.5, 0.6) is 0 Å². The van der Waals surface area contributed by atoms with Crippen LogP contribution in [0.25, 0.3) is 0 Å². The van der Waals surface area contributed by atoms with Crippen molar-refractivity contribution in [1.82, 2.24) is 0 Å². The molecule has 0 amide bonds. The minimum absolute atomic E-state index is 0. The summed E-state index contributed by atoms with van der Waals surface area (Å²) in [7, 11) is -9.78. The normalized spacial score (nSPS) is 10.7. The van der Waals surface area contributed by atoms with E-state index in [0.29, 0.717) is 0 Å². The van der Waals surface area contributed by atoms with E-state index in [1.54, 1.807) is 0 Å². The van der Waals surface area contributed by atoms with Gasteiger partial charge in [-0.25, -0.2) is 0 Å². The molecule has 0 aromatic rings. The van der Waals surface area contributed by atoms with Crippen LogP contribution in [0, 0.1) is 0 Å². The molecule has 0 saturated carbocycles. The molecule has 0 bridgehead atoms. The Kier molecular flexibility index (Phi) is 12.2. The third-order valence-electron chi connectivity index (χ3n) is 0. The number of phosphoric acid groups is 2. The summed E-state index contributed by atoms with van der Waals surface area (Å²) in [6.07, 6.45) is 0. The second-order valence-electron chi connectivity index (χ2n) is 0.981. The Labute approximate surface area is 102 Å². The first-order valence-electron chi connectivity index (χ1n) is 1.53. The minimum atomic E-state index is -4.89. The summed E-state index contributed by atoms with van der Waals surface area (Å²) < 4.78 is 17.5. The molecule has 0 aromatic heterocycles. The third-order valence-corrected chi connectivity index (χ3v) is 0. The molecular formula is H4BaO8P2.